The van der Waals surface area contributed by atoms with Gasteiger partial charge in [0, 0.05) is 6.42 Å². The van der Waals surface area contributed by atoms with Crippen molar-refractivity contribution in [3.63, 3.8) is 0 Å². The average molecular weight is 395 g/mol. The molecule has 0 bridgehead atoms. The highest BCUT2D eigenvalue weighted by molar-refractivity contribution is 7.86. The van der Waals surface area contributed by atoms with Gasteiger partial charge < -0.3 is 9.29 Å². The van der Waals surface area contributed by atoms with E-state index < -0.39 is 64.8 Å². The Bertz CT molecular complexity index is 603. The number of ether oxygens (including phenoxy) is 2. The summed E-state index contributed by atoms with van der Waals surface area (Å²) in [7, 11) is -7.21. The van der Waals surface area contributed by atoms with E-state index in [1.54, 1.807) is 0 Å². The van der Waals surface area contributed by atoms with Gasteiger partial charge in [-0.25, -0.2) is 13.2 Å². The lowest BCUT2D eigenvalue weighted by molar-refractivity contribution is -0.457. The number of rotatable bonds is 7. The average Bonchev–Trinajstić information content (AvgIpc) is 2.70. The molecule has 1 unspecified atom stereocenters. The number of carbonyl (C=O) groups excluding carboxylic acids is 1. The molecule has 1 aliphatic rings. The minimum absolute atomic E-state index is 0.421. The molecule has 24 heavy (non-hydrogen) atoms. The second kappa shape index (κ2) is 5.94. The third-order valence-corrected chi connectivity index (χ3v) is 3.65. The number of hydrogen-bond donors (Lipinski definition) is 0. The number of alkyl halides is 8. The Morgan fingerprint density at radius 2 is 1.58 bits per heavy atom. The van der Waals surface area contributed by atoms with Gasteiger partial charge in [-0.05, 0) is 6.42 Å². The van der Waals surface area contributed by atoms with Crippen LogP contribution in [0.4, 0.5) is 35.1 Å². The Labute approximate surface area is 128 Å². The maximum absolute atomic E-state index is 13.3. The fourth-order valence-electron chi connectivity index (χ4n) is 1.57. The molecule has 0 aromatic carbocycles. The predicted molar refractivity (Wildman–Crippen MR) is 54.3 cm³/mol. The van der Waals surface area contributed by atoms with Gasteiger partial charge in [0.1, 0.15) is 6.10 Å². The van der Waals surface area contributed by atoms with Gasteiger partial charge in [0.05, 0.1) is 6.42 Å². The van der Waals surface area contributed by atoms with E-state index in [1.165, 1.54) is 0 Å². The molecule has 1 saturated heterocycles. The maximum atomic E-state index is 13.3. The molecule has 0 radical (unpaired) electrons. The van der Waals surface area contributed by atoms with Crippen LogP contribution in [0.3, 0.4) is 0 Å². The summed E-state index contributed by atoms with van der Waals surface area (Å²) in [5.74, 6) is -6.58. The first-order valence-corrected chi connectivity index (χ1v) is 7.20. The molecule has 1 atom stereocenters. The van der Waals surface area contributed by atoms with Gasteiger partial charge in [-0.3, -0.25) is 4.79 Å². The topological polar surface area (TPSA) is 92.7 Å². The van der Waals surface area contributed by atoms with Crippen LogP contribution in [0.25, 0.3) is 0 Å². The lowest BCUT2D eigenvalue weighted by Crippen LogP contribution is -2.56. The smallest absolute Gasteiger partial charge is 0.438 e. The van der Waals surface area contributed by atoms with Crippen LogP contribution in [0.1, 0.15) is 19.3 Å². The molecule has 0 amide bonds. The largest absolute Gasteiger partial charge is 0.743 e. The molecule has 6 nitrogen and oxygen atoms in total. The van der Waals surface area contributed by atoms with Crippen molar-refractivity contribution in [2.24, 2.45) is 0 Å². The Morgan fingerprint density at radius 3 is 1.96 bits per heavy atom. The minimum Gasteiger partial charge on any atom is -0.743 e. The number of cyclic esters (lactones) is 1. The third-order valence-electron chi connectivity index (χ3n) is 2.79. The van der Waals surface area contributed by atoms with Crippen molar-refractivity contribution in [2.75, 3.05) is 0 Å². The molecule has 0 aliphatic carbocycles. The highest BCUT2D eigenvalue weighted by atomic mass is 32.2. The van der Waals surface area contributed by atoms with Gasteiger partial charge in [-0.15, -0.1) is 0 Å². The van der Waals surface area contributed by atoms with Crippen molar-refractivity contribution in [1.29, 1.82) is 0 Å². The van der Waals surface area contributed by atoms with E-state index in [0.717, 1.165) is 0 Å². The number of hydrogen-bond acceptors (Lipinski definition) is 6. The molecule has 0 saturated carbocycles. The zero-order chi connectivity index (χ0) is 19.2. The lowest BCUT2D eigenvalue weighted by atomic mass is 10.1. The highest BCUT2D eigenvalue weighted by Gasteiger charge is 2.71. The lowest BCUT2D eigenvalue weighted by Gasteiger charge is -2.34. The van der Waals surface area contributed by atoms with E-state index in [2.05, 4.69) is 4.74 Å². The molecule has 1 rings (SSSR count). The first kappa shape index (κ1) is 20.8. The predicted octanol–water partition coefficient (Wildman–Crippen LogP) is 2.06. The van der Waals surface area contributed by atoms with Crippen LogP contribution in [0.5, 0.6) is 0 Å². The van der Waals surface area contributed by atoms with E-state index in [0.29, 0.717) is 0 Å². The summed E-state index contributed by atoms with van der Waals surface area (Å²) < 4.78 is 140. The van der Waals surface area contributed by atoms with Crippen LogP contribution < -0.4 is 0 Å². The van der Waals surface area contributed by atoms with Crippen molar-refractivity contribution < 1.29 is 62.4 Å². The van der Waals surface area contributed by atoms with Crippen LogP contribution in [0, 0.1) is 0 Å². The fraction of sp³-hybridized carbons (Fsp3) is 0.889. The molecule has 0 spiro atoms. The molecular weight excluding hydrogens is 388 g/mol. The fourth-order valence-corrected chi connectivity index (χ4v) is 1.90. The zero-order valence-corrected chi connectivity index (χ0v) is 11.9. The van der Waals surface area contributed by atoms with E-state index in [9.17, 15) is 52.9 Å². The summed E-state index contributed by atoms with van der Waals surface area (Å²) in [5, 5.41) is -6.74. The van der Waals surface area contributed by atoms with Gasteiger partial charge in [0.2, 0.25) is 0 Å². The van der Waals surface area contributed by atoms with Crippen molar-refractivity contribution >= 4 is 16.1 Å². The zero-order valence-electron chi connectivity index (χ0n) is 11.1. The Morgan fingerprint density at radius 1 is 1.08 bits per heavy atom. The first-order chi connectivity index (χ1) is 10.4. The normalized spacial score (nSPS) is 21.0. The molecule has 1 heterocycles. The van der Waals surface area contributed by atoms with Gasteiger partial charge in [0.15, 0.2) is 10.1 Å². The molecule has 15 heteroatoms. The number of halogens is 8. The third kappa shape index (κ3) is 3.88. The monoisotopic (exact) mass is 395 g/mol. The Hall–Kier alpha value is -1.22. The van der Waals surface area contributed by atoms with E-state index >= 15 is 0 Å². The molecule has 0 N–H and O–H groups in total. The van der Waals surface area contributed by atoms with Crippen molar-refractivity contribution in [3.05, 3.63) is 0 Å². The minimum atomic E-state index is -7.21. The summed E-state index contributed by atoms with van der Waals surface area (Å²) in [6.45, 7) is 0. The van der Waals surface area contributed by atoms with Crippen molar-refractivity contribution in [3.8, 4) is 0 Å². The van der Waals surface area contributed by atoms with Gasteiger partial charge >= 0.3 is 29.4 Å². The van der Waals surface area contributed by atoms with Crippen LogP contribution in [-0.4, -0.2) is 48.4 Å². The summed E-state index contributed by atoms with van der Waals surface area (Å²) in [4.78, 5) is 10.7. The van der Waals surface area contributed by atoms with Gasteiger partial charge in [-0.1, -0.05) is 0 Å². The second-order valence-electron chi connectivity index (χ2n) is 4.67. The van der Waals surface area contributed by atoms with Crippen LogP contribution in [0.15, 0.2) is 0 Å². The Kier molecular flexibility index (Phi) is 5.16. The molecule has 1 aliphatic heterocycles. The molecule has 142 valence electrons. The van der Waals surface area contributed by atoms with E-state index in [1.807, 2.05) is 4.74 Å². The summed E-state index contributed by atoms with van der Waals surface area (Å²) in [6.07, 6.45) is -17.8. The Balaban J connectivity index is 2.99. The number of carbonyl (C=O) groups is 1. The van der Waals surface area contributed by atoms with E-state index in [4.69, 9.17) is 0 Å². The standard InChI is InChI=1S/C9H8F8O6S/c10-6(11,3-4-1-2-5(18)22-4)7(12,13)23-8(14,15)9(16,17)24(19,20)21/h4H,1-3H2,(H,19,20,21)/p-1. The summed E-state index contributed by atoms with van der Waals surface area (Å²) in [5.41, 5.74) is 0. The van der Waals surface area contributed by atoms with Crippen molar-refractivity contribution in [2.45, 2.75) is 48.8 Å². The molecule has 0 aromatic rings. The van der Waals surface area contributed by atoms with Crippen molar-refractivity contribution in [1.82, 2.24) is 0 Å². The summed E-state index contributed by atoms with van der Waals surface area (Å²) >= 11 is 0. The number of esters is 1. The SMILES string of the molecule is O=C1CCC(CC(F)(F)C(F)(F)OC(F)(F)C(F)(F)S(=O)(=O)[O-])O1. The molecule has 1 fully saturated rings. The molecular formula is C9H7F8O6S-. The van der Waals surface area contributed by atoms with Crippen LogP contribution in [-0.2, 0) is 24.4 Å². The first-order valence-electron chi connectivity index (χ1n) is 5.79. The molecule has 0 aromatic heterocycles. The summed E-state index contributed by atoms with van der Waals surface area (Å²) in [6, 6.07) is 0. The quantitative estimate of drug-likeness (QED) is 0.372. The maximum Gasteiger partial charge on any atom is 0.438 e. The van der Waals surface area contributed by atoms with Crippen LogP contribution >= 0.6 is 0 Å². The highest BCUT2D eigenvalue weighted by Crippen LogP contribution is 2.48. The second-order valence-corrected chi connectivity index (χ2v) is 6.09. The van der Waals surface area contributed by atoms with Gasteiger partial charge in [0.25, 0.3) is 0 Å². The van der Waals surface area contributed by atoms with E-state index in [-0.39, 0.29) is 0 Å². The van der Waals surface area contributed by atoms with Gasteiger partial charge in [-0.2, -0.15) is 35.1 Å². The van der Waals surface area contributed by atoms with Crippen LogP contribution in [0.2, 0.25) is 0 Å².